The van der Waals surface area contributed by atoms with Crippen LogP contribution in [0.4, 0.5) is 0 Å². The van der Waals surface area contributed by atoms with Gasteiger partial charge in [-0.15, -0.1) is 0 Å². The fourth-order valence-corrected chi connectivity index (χ4v) is 4.22. The average Bonchev–Trinajstić information content (AvgIpc) is 2.89. The fraction of sp³-hybridized carbons (Fsp3) is 0.571. The van der Waals surface area contributed by atoms with Crippen LogP contribution in [-0.2, 0) is 20.2 Å². The molecular weight excluding hydrogens is 560 g/mol. The molecule has 2 rings (SSSR count). The van der Waals surface area contributed by atoms with Crippen molar-refractivity contribution in [1.82, 2.24) is 0 Å². The standard InChI is InChI=1S/C14H22O8S2.C14H22O2/c15-23(16,17)11-3-1-9-21-13-5-7-14(8-6-13)22-10-2-4-12-24(18,19)20;1-3-5-11-15-13-7-9-14(10-8-13)16-12-6-4-2/h5-8H,1-4,9-12H2,(H,15,16,17)(H,18,19,20);7-10H,3-6,11-12H2,1-2H3. The van der Waals surface area contributed by atoms with E-state index in [1.54, 1.807) is 24.3 Å². The summed E-state index contributed by atoms with van der Waals surface area (Å²) in [7, 11) is -7.83. The third-order valence-corrected chi connectivity index (χ3v) is 6.92. The van der Waals surface area contributed by atoms with Crippen molar-refractivity contribution in [1.29, 1.82) is 0 Å². The molecule has 12 heteroatoms. The van der Waals surface area contributed by atoms with E-state index in [2.05, 4.69) is 13.8 Å². The van der Waals surface area contributed by atoms with E-state index in [1.165, 1.54) is 0 Å². The van der Waals surface area contributed by atoms with Crippen molar-refractivity contribution in [3.05, 3.63) is 48.5 Å². The first-order valence-corrected chi connectivity index (χ1v) is 16.9. The predicted molar refractivity (Wildman–Crippen MR) is 156 cm³/mol. The molecule has 2 aromatic carbocycles. The van der Waals surface area contributed by atoms with Crippen molar-refractivity contribution in [3.8, 4) is 23.0 Å². The van der Waals surface area contributed by atoms with Gasteiger partial charge in [0.05, 0.1) is 37.9 Å². The maximum atomic E-state index is 10.5. The highest BCUT2D eigenvalue weighted by atomic mass is 32.2. The summed E-state index contributed by atoms with van der Waals surface area (Å²) in [6.07, 6.45) is 6.20. The minimum Gasteiger partial charge on any atom is -0.494 e. The van der Waals surface area contributed by atoms with Crippen LogP contribution in [0.2, 0.25) is 0 Å². The van der Waals surface area contributed by atoms with E-state index in [0.29, 0.717) is 50.4 Å². The van der Waals surface area contributed by atoms with Gasteiger partial charge in [0, 0.05) is 0 Å². The number of rotatable bonds is 20. The normalized spacial score (nSPS) is 11.3. The number of benzene rings is 2. The number of unbranched alkanes of at least 4 members (excludes halogenated alkanes) is 4. The summed E-state index contributed by atoms with van der Waals surface area (Å²) < 4.78 is 81.3. The molecule has 0 amide bonds. The van der Waals surface area contributed by atoms with Gasteiger partial charge in [-0.3, -0.25) is 9.11 Å². The predicted octanol–water partition coefficient (Wildman–Crippen LogP) is 5.82. The van der Waals surface area contributed by atoms with Crippen LogP contribution in [0.1, 0.15) is 65.2 Å². The first-order chi connectivity index (χ1) is 19.0. The van der Waals surface area contributed by atoms with Crippen LogP contribution in [-0.4, -0.2) is 63.9 Å². The van der Waals surface area contributed by atoms with Crippen LogP contribution in [0, 0.1) is 0 Å². The van der Waals surface area contributed by atoms with Gasteiger partial charge in [0.25, 0.3) is 20.2 Å². The number of hydrogen-bond donors (Lipinski definition) is 2. The van der Waals surface area contributed by atoms with Crippen molar-refractivity contribution < 1.29 is 44.9 Å². The Balaban J connectivity index is 0.000000433. The number of ether oxygens (including phenoxy) is 4. The minimum atomic E-state index is -3.92. The molecule has 0 fully saturated rings. The fourth-order valence-electron chi connectivity index (χ4n) is 3.09. The van der Waals surface area contributed by atoms with Crippen LogP contribution in [0.25, 0.3) is 0 Å². The summed E-state index contributed by atoms with van der Waals surface area (Å²) in [4.78, 5) is 0. The highest BCUT2D eigenvalue weighted by Gasteiger charge is 2.05. The molecule has 0 radical (unpaired) electrons. The second kappa shape index (κ2) is 20.4. The molecule has 0 aromatic heterocycles. The lowest BCUT2D eigenvalue weighted by Crippen LogP contribution is -2.06. The largest absolute Gasteiger partial charge is 0.494 e. The number of hydrogen-bond acceptors (Lipinski definition) is 8. The molecule has 10 nitrogen and oxygen atoms in total. The van der Waals surface area contributed by atoms with Crippen LogP contribution in [0.3, 0.4) is 0 Å². The molecule has 0 aliphatic rings. The van der Waals surface area contributed by atoms with Gasteiger partial charge in [0.2, 0.25) is 0 Å². The Morgan fingerprint density at radius 1 is 0.475 bits per heavy atom. The summed E-state index contributed by atoms with van der Waals surface area (Å²) in [6.45, 7) is 6.60. The van der Waals surface area contributed by atoms with Crippen molar-refractivity contribution in [2.24, 2.45) is 0 Å². The first kappa shape index (κ1) is 35.5. The molecule has 0 aliphatic carbocycles. The molecule has 2 N–H and O–H groups in total. The maximum Gasteiger partial charge on any atom is 0.264 e. The van der Waals surface area contributed by atoms with Crippen LogP contribution in [0.5, 0.6) is 23.0 Å². The Kier molecular flexibility index (Phi) is 18.1. The van der Waals surface area contributed by atoms with E-state index in [4.69, 9.17) is 28.1 Å². The quantitative estimate of drug-likeness (QED) is 0.140. The molecule has 2 aromatic rings. The van der Waals surface area contributed by atoms with E-state index in [1.807, 2.05) is 24.3 Å². The molecule has 0 saturated heterocycles. The topological polar surface area (TPSA) is 146 Å². The molecule has 40 heavy (non-hydrogen) atoms. The summed E-state index contributed by atoms with van der Waals surface area (Å²) in [5.74, 6) is 2.52. The lowest BCUT2D eigenvalue weighted by atomic mass is 10.3. The average molecular weight is 605 g/mol. The van der Waals surface area contributed by atoms with Gasteiger partial charge in [-0.1, -0.05) is 26.7 Å². The highest BCUT2D eigenvalue weighted by molar-refractivity contribution is 7.86. The van der Waals surface area contributed by atoms with Gasteiger partial charge in [-0.2, -0.15) is 16.8 Å². The second-order valence-corrected chi connectivity index (χ2v) is 12.2. The Hall–Kier alpha value is -2.54. The highest BCUT2D eigenvalue weighted by Crippen LogP contribution is 2.19. The van der Waals surface area contributed by atoms with Gasteiger partial charge in [-0.05, 0) is 87.1 Å². The lowest BCUT2D eigenvalue weighted by Gasteiger charge is -2.08. The summed E-state index contributed by atoms with van der Waals surface area (Å²) in [6, 6.07) is 14.7. The third-order valence-electron chi connectivity index (χ3n) is 5.31. The van der Waals surface area contributed by atoms with Gasteiger partial charge in [0.15, 0.2) is 0 Å². The van der Waals surface area contributed by atoms with E-state index >= 15 is 0 Å². The smallest absolute Gasteiger partial charge is 0.264 e. The molecule has 0 unspecified atom stereocenters. The van der Waals surface area contributed by atoms with E-state index < -0.39 is 20.2 Å². The molecule has 0 aliphatic heterocycles. The van der Waals surface area contributed by atoms with Crippen molar-refractivity contribution in [2.45, 2.75) is 65.2 Å². The summed E-state index contributed by atoms with van der Waals surface area (Å²) in [5.41, 5.74) is 0. The van der Waals surface area contributed by atoms with Gasteiger partial charge >= 0.3 is 0 Å². The van der Waals surface area contributed by atoms with Crippen LogP contribution >= 0.6 is 0 Å². The zero-order chi connectivity index (χ0) is 29.7. The van der Waals surface area contributed by atoms with Gasteiger partial charge in [0.1, 0.15) is 23.0 Å². The summed E-state index contributed by atoms with van der Waals surface area (Å²) >= 11 is 0. The zero-order valence-electron chi connectivity index (χ0n) is 23.5. The monoisotopic (exact) mass is 604 g/mol. The molecular formula is C28H44O10S2. The van der Waals surface area contributed by atoms with Crippen molar-refractivity contribution >= 4 is 20.2 Å². The van der Waals surface area contributed by atoms with Crippen molar-refractivity contribution in [2.75, 3.05) is 37.9 Å². The van der Waals surface area contributed by atoms with Crippen molar-refractivity contribution in [3.63, 3.8) is 0 Å². The van der Waals surface area contributed by atoms with Gasteiger partial charge in [-0.25, -0.2) is 0 Å². The first-order valence-electron chi connectivity index (χ1n) is 13.6. The molecule has 0 saturated carbocycles. The molecule has 0 bridgehead atoms. The van der Waals surface area contributed by atoms with Gasteiger partial charge < -0.3 is 18.9 Å². The molecule has 0 atom stereocenters. The molecule has 0 spiro atoms. The molecule has 0 heterocycles. The van der Waals surface area contributed by atoms with Crippen LogP contribution < -0.4 is 18.9 Å². The summed E-state index contributed by atoms with van der Waals surface area (Å²) in [5, 5.41) is 0. The van der Waals surface area contributed by atoms with E-state index in [9.17, 15) is 16.8 Å². The van der Waals surface area contributed by atoms with E-state index in [-0.39, 0.29) is 11.5 Å². The minimum absolute atomic E-state index is 0.277. The Bertz CT molecular complexity index is 1030. The van der Waals surface area contributed by atoms with Crippen LogP contribution in [0.15, 0.2) is 48.5 Å². The second-order valence-electron chi connectivity index (χ2n) is 9.03. The maximum absolute atomic E-state index is 10.5. The Morgan fingerprint density at radius 2 is 0.725 bits per heavy atom. The SMILES string of the molecule is CCCCOc1ccc(OCCCC)cc1.O=S(=O)(O)CCCCOc1ccc(OCCCCS(=O)(=O)O)cc1. The Labute approximate surface area is 239 Å². The Morgan fingerprint density at radius 3 is 0.950 bits per heavy atom. The lowest BCUT2D eigenvalue weighted by molar-refractivity contribution is 0.300. The third kappa shape index (κ3) is 20.4. The molecule has 228 valence electrons. The zero-order valence-corrected chi connectivity index (χ0v) is 25.1. The van der Waals surface area contributed by atoms with E-state index in [0.717, 1.165) is 50.4 Å².